The molecule has 0 unspecified atom stereocenters. The van der Waals surface area contributed by atoms with E-state index in [0.717, 1.165) is 50.8 Å². The number of aliphatic hydroxyl groups excluding tert-OH is 1. The van der Waals surface area contributed by atoms with Crippen LogP contribution in [0.4, 0.5) is 0 Å². The first-order valence-corrected chi connectivity index (χ1v) is 8.40. The first-order valence-electron chi connectivity index (χ1n) is 8.40. The molecule has 0 aromatic carbocycles. The molecule has 3 rings (SSSR count). The molecule has 1 aliphatic rings. The van der Waals surface area contributed by atoms with Crippen LogP contribution in [0.5, 0.6) is 0 Å². The van der Waals surface area contributed by atoms with Gasteiger partial charge in [0.1, 0.15) is 5.76 Å². The Morgan fingerprint density at radius 1 is 1.29 bits per heavy atom. The van der Waals surface area contributed by atoms with E-state index >= 15 is 0 Å². The van der Waals surface area contributed by atoms with Crippen LogP contribution in [0.1, 0.15) is 11.5 Å². The number of ether oxygens (including phenoxy) is 1. The van der Waals surface area contributed by atoms with Crippen molar-refractivity contribution in [2.24, 2.45) is 0 Å². The van der Waals surface area contributed by atoms with E-state index in [1.165, 1.54) is 0 Å². The zero-order valence-corrected chi connectivity index (χ0v) is 14.1. The number of nitrogens with zero attached hydrogens (tertiary/aromatic N) is 3. The fourth-order valence-electron chi connectivity index (χ4n) is 2.81. The second-order valence-corrected chi connectivity index (χ2v) is 5.95. The molecule has 7 nitrogen and oxygen atoms in total. The van der Waals surface area contributed by atoms with Gasteiger partial charge >= 0.3 is 0 Å². The Kier molecular flexibility index (Phi) is 6.03. The van der Waals surface area contributed by atoms with Crippen LogP contribution in [0.2, 0.25) is 0 Å². The Hall–Kier alpha value is -1.67. The quantitative estimate of drug-likeness (QED) is 0.781. The third-order valence-electron chi connectivity index (χ3n) is 4.25. The molecular formula is C17H25N3O4. The van der Waals surface area contributed by atoms with Crippen LogP contribution in [0.3, 0.4) is 0 Å². The Labute approximate surface area is 141 Å². The van der Waals surface area contributed by atoms with Gasteiger partial charge in [0, 0.05) is 39.3 Å². The molecule has 2 aromatic rings. The second-order valence-electron chi connectivity index (χ2n) is 5.95. The van der Waals surface area contributed by atoms with E-state index in [9.17, 15) is 5.11 Å². The third-order valence-corrected chi connectivity index (χ3v) is 4.25. The van der Waals surface area contributed by atoms with Crippen LogP contribution in [0, 0.1) is 6.92 Å². The van der Waals surface area contributed by atoms with Crippen LogP contribution in [0.25, 0.3) is 11.7 Å². The van der Waals surface area contributed by atoms with Crippen molar-refractivity contribution in [3.8, 4) is 11.7 Å². The maximum Gasteiger partial charge on any atom is 0.263 e. The van der Waals surface area contributed by atoms with Crippen LogP contribution < -0.4 is 0 Å². The van der Waals surface area contributed by atoms with Gasteiger partial charge in [-0.1, -0.05) is 0 Å². The average molecular weight is 335 g/mol. The molecule has 0 spiro atoms. The highest BCUT2D eigenvalue weighted by molar-refractivity contribution is 5.44. The summed E-state index contributed by atoms with van der Waals surface area (Å²) in [7, 11) is 0. The number of hydrogen-bond acceptors (Lipinski definition) is 7. The van der Waals surface area contributed by atoms with E-state index in [0.29, 0.717) is 24.7 Å². The van der Waals surface area contributed by atoms with Crippen molar-refractivity contribution in [3.05, 3.63) is 29.9 Å². The van der Waals surface area contributed by atoms with E-state index in [-0.39, 0.29) is 6.61 Å². The molecule has 1 fully saturated rings. The Balaban J connectivity index is 1.60. The smallest absolute Gasteiger partial charge is 0.263 e. The molecule has 132 valence electrons. The van der Waals surface area contributed by atoms with Gasteiger partial charge in [-0.3, -0.25) is 9.80 Å². The van der Waals surface area contributed by atoms with Gasteiger partial charge in [-0.2, -0.15) is 0 Å². The lowest BCUT2D eigenvalue weighted by molar-refractivity contribution is 0.0319. The fraction of sp³-hybridized carbons (Fsp3) is 0.588. The molecule has 3 heterocycles. The number of morpholine rings is 1. The van der Waals surface area contributed by atoms with Crippen molar-refractivity contribution in [1.29, 1.82) is 0 Å². The van der Waals surface area contributed by atoms with Crippen LogP contribution in [0.15, 0.2) is 27.2 Å². The summed E-state index contributed by atoms with van der Waals surface area (Å²) in [6.45, 7) is 8.70. The van der Waals surface area contributed by atoms with Crippen molar-refractivity contribution in [3.63, 3.8) is 0 Å². The molecule has 2 aromatic heterocycles. The molecule has 0 aliphatic carbocycles. The maximum absolute atomic E-state index is 9.34. The van der Waals surface area contributed by atoms with Crippen molar-refractivity contribution in [2.45, 2.75) is 13.5 Å². The third kappa shape index (κ3) is 4.45. The average Bonchev–Trinajstić information content (AvgIpc) is 3.24. The molecular weight excluding hydrogens is 310 g/mol. The molecule has 0 amide bonds. The molecule has 24 heavy (non-hydrogen) atoms. The topological polar surface area (TPSA) is 75.1 Å². The summed E-state index contributed by atoms with van der Waals surface area (Å²) < 4.78 is 16.4. The van der Waals surface area contributed by atoms with Crippen molar-refractivity contribution >= 4 is 0 Å². The summed E-state index contributed by atoms with van der Waals surface area (Å²) in [5.41, 5.74) is 0.886. The highest BCUT2D eigenvalue weighted by Gasteiger charge is 2.17. The van der Waals surface area contributed by atoms with Crippen molar-refractivity contribution in [2.75, 3.05) is 52.5 Å². The van der Waals surface area contributed by atoms with Crippen molar-refractivity contribution < 1.29 is 18.7 Å². The lowest BCUT2D eigenvalue weighted by atomic mass is 10.3. The SMILES string of the molecule is Cc1oc(-c2ccco2)nc1CN(CCO)CCN1CCOCC1. The zero-order chi connectivity index (χ0) is 16.8. The zero-order valence-electron chi connectivity index (χ0n) is 14.1. The molecule has 1 saturated heterocycles. The molecule has 0 atom stereocenters. The van der Waals surface area contributed by atoms with E-state index in [1.807, 2.05) is 19.1 Å². The largest absolute Gasteiger partial charge is 0.459 e. The van der Waals surface area contributed by atoms with Gasteiger partial charge < -0.3 is 18.7 Å². The summed E-state index contributed by atoms with van der Waals surface area (Å²) >= 11 is 0. The van der Waals surface area contributed by atoms with Gasteiger partial charge in [-0.05, 0) is 19.1 Å². The summed E-state index contributed by atoms with van der Waals surface area (Å²) in [4.78, 5) is 9.14. The normalized spacial score (nSPS) is 16.1. The summed E-state index contributed by atoms with van der Waals surface area (Å²) in [6.07, 6.45) is 1.61. The van der Waals surface area contributed by atoms with E-state index < -0.39 is 0 Å². The molecule has 0 saturated carbocycles. The number of furan rings is 1. The Bertz CT molecular complexity index is 605. The van der Waals surface area contributed by atoms with Crippen LogP contribution >= 0.6 is 0 Å². The first kappa shape index (κ1) is 17.2. The molecule has 0 radical (unpaired) electrons. The molecule has 0 bridgehead atoms. The number of rotatable bonds is 8. The standard InChI is InChI=1S/C17H25N3O4/c1-14-15(18-17(24-14)16-3-2-10-23-16)13-20(6-9-21)5-4-19-7-11-22-12-8-19/h2-3,10,21H,4-9,11-13H2,1H3. The predicted octanol–water partition coefficient (Wildman–Crippen LogP) is 1.37. The van der Waals surface area contributed by atoms with Gasteiger partial charge in [0.05, 0.1) is 31.8 Å². The van der Waals surface area contributed by atoms with Gasteiger partial charge in [-0.25, -0.2) is 4.98 Å². The lowest BCUT2D eigenvalue weighted by Crippen LogP contribution is -2.42. The van der Waals surface area contributed by atoms with E-state index in [4.69, 9.17) is 13.6 Å². The number of aromatic nitrogens is 1. The maximum atomic E-state index is 9.34. The van der Waals surface area contributed by atoms with Gasteiger partial charge in [0.15, 0.2) is 5.76 Å². The lowest BCUT2D eigenvalue weighted by Gasteiger charge is -2.29. The van der Waals surface area contributed by atoms with Crippen molar-refractivity contribution in [1.82, 2.24) is 14.8 Å². The van der Waals surface area contributed by atoms with E-state index in [2.05, 4.69) is 14.8 Å². The number of aliphatic hydroxyl groups is 1. The first-order chi connectivity index (χ1) is 11.8. The number of hydrogen-bond donors (Lipinski definition) is 1. The van der Waals surface area contributed by atoms with Crippen LogP contribution in [-0.2, 0) is 11.3 Å². The number of aryl methyl sites for hydroxylation is 1. The number of oxazole rings is 1. The minimum Gasteiger partial charge on any atom is -0.459 e. The Morgan fingerprint density at radius 3 is 2.83 bits per heavy atom. The van der Waals surface area contributed by atoms with Gasteiger partial charge in [0.25, 0.3) is 5.89 Å². The predicted molar refractivity (Wildman–Crippen MR) is 88.6 cm³/mol. The molecule has 7 heteroatoms. The molecule has 1 aliphatic heterocycles. The minimum atomic E-state index is 0.130. The summed E-state index contributed by atoms with van der Waals surface area (Å²) in [6, 6.07) is 3.65. The highest BCUT2D eigenvalue weighted by Crippen LogP contribution is 2.22. The fourth-order valence-corrected chi connectivity index (χ4v) is 2.81. The minimum absolute atomic E-state index is 0.130. The monoisotopic (exact) mass is 335 g/mol. The highest BCUT2D eigenvalue weighted by atomic mass is 16.5. The summed E-state index contributed by atoms with van der Waals surface area (Å²) in [5.74, 6) is 1.92. The summed E-state index contributed by atoms with van der Waals surface area (Å²) in [5, 5.41) is 9.34. The Morgan fingerprint density at radius 2 is 2.12 bits per heavy atom. The van der Waals surface area contributed by atoms with Gasteiger partial charge in [0.2, 0.25) is 0 Å². The van der Waals surface area contributed by atoms with Gasteiger partial charge in [-0.15, -0.1) is 0 Å². The second kappa shape index (κ2) is 8.43. The van der Waals surface area contributed by atoms with Crippen LogP contribution in [-0.4, -0.2) is 72.4 Å². The molecule has 1 N–H and O–H groups in total. The van der Waals surface area contributed by atoms with E-state index in [1.54, 1.807) is 6.26 Å².